The first kappa shape index (κ1) is 17.7. The molecule has 3 saturated heterocycles. The molecule has 136 valence electrons. The van der Waals surface area contributed by atoms with Gasteiger partial charge in [-0.05, 0) is 32.1 Å². The molecule has 24 heavy (non-hydrogen) atoms. The van der Waals surface area contributed by atoms with Crippen molar-refractivity contribution in [1.82, 2.24) is 20.0 Å². The summed E-state index contributed by atoms with van der Waals surface area (Å²) >= 11 is 0. The van der Waals surface area contributed by atoms with Crippen molar-refractivity contribution in [3.05, 3.63) is 0 Å². The zero-order valence-corrected chi connectivity index (χ0v) is 15.0. The molecule has 3 fully saturated rings. The molecule has 0 spiro atoms. The maximum atomic E-state index is 13.0. The number of hydrogen-bond acceptors (Lipinski definition) is 4. The Morgan fingerprint density at radius 2 is 1.83 bits per heavy atom. The Labute approximate surface area is 145 Å². The highest BCUT2D eigenvalue weighted by Gasteiger charge is 2.38. The number of carbonyl (C=O) groups is 2. The van der Waals surface area contributed by atoms with Crippen LogP contribution >= 0.6 is 0 Å². The van der Waals surface area contributed by atoms with Gasteiger partial charge in [0, 0.05) is 58.3 Å². The zero-order valence-electron chi connectivity index (χ0n) is 15.0. The van der Waals surface area contributed by atoms with Gasteiger partial charge in [-0.25, -0.2) is 0 Å². The van der Waals surface area contributed by atoms with E-state index in [1.54, 1.807) is 0 Å². The minimum Gasteiger partial charge on any atom is -0.339 e. The quantitative estimate of drug-likeness (QED) is 0.820. The number of nitrogens with one attached hydrogen (secondary N) is 1. The monoisotopic (exact) mass is 336 g/mol. The van der Waals surface area contributed by atoms with E-state index >= 15 is 0 Å². The van der Waals surface area contributed by atoms with Gasteiger partial charge in [-0.2, -0.15) is 0 Å². The van der Waals surface area contributed by atoms with Gasteiger partial charge in [0.25, 0.3) is 0 Å². The fourth-order valence-electron chi connectivity index (χ4n) is 4.34. The van der Waals surface area contributed by atoms with Crippen LogP contribution in [0.25, 0.3) is 0 Å². The molecule has 6 heteroatoms. The van der Waals surface area contributed by atoms with Crippen molar-refractivity contribution in [1.29, 1.82) is 0 Å². The predicted molar refractivity (Wildman–Crippen MR) is 93.7 cm³/mol. The standard InChI is InChI=1S/C18H32N4O2/c1-2-5-17(23)22-10-4-3-6-16(22)18(24)21-11-7-15(14-21)20-12-8-19-9-13-20/h15-16,19H,2-14H2,1H3. The second-order valence-corrected chi connectivity index (χ2v) is 7.36. The smallest absolute Gasteiger partial charge is 0.245 e. The molecule has 0 aromatic heterocycles. The third-order valence-corrected chi connectivity index (χ3v) is 5.72. The molecule has 2 amide bonds. The van der Waals surface area contributed by atoms with Crippen molar-refractivity contribution >= 4 is 11.8 Å². The second kappa shape index (κ2) is 8.30. The molecule has 2 unspecified atom stereocenters. The summed E-state index contributed by atoms with van der Waals surface area (Å²) in [6.45, 7) is 8.72. The Bertz CT molecular complexity index is 450. The lowest BCUT2D eigenvalue weighted by Crippen LogP contribution is -2.53. The lowest BCUT2D eigenvalue weighted by Gasteiger charge is -2.37. The number of hydrogen-bond donors (Lipinski definition) is 1. The summed E-state index contributed by atoms with van der Waals surface area (Å²) < 4.78 is 0. The Kier molecular flexibility index (Phi) is 6.11. The lowest BCUT2D eigenvalue weighted by atomic mass is 10.00. The Hall–Kier alpha value is -1.14. The van der Waals surface area contributed by atoms with Crippen molar-refractivity contribution in [2.45, 2.75) is 57.5 Å². The van der Waals surface area contributed by atoms with Crippen molar-refractivity contribution in [2.24, 2.45) is 0 Å². The third-order valence-electron chi connectivity index (χ3n) is 5.72. The molecule has 6 nitrogen and oxygen atoms in total. The van der Waals surface area contributed by atoms with Gasteiger partial charge < -0.3 is 15.1 Å². The van der Waals surface area contributed by atoms with E-state index in [1.807, 2.05) is 16.7 Å². The number of likely N-dealkylation sites (tertiary alicyclic amines) is 2. The number of amides is 2. The van der Waals surface area contributed by atoms with Gasteiger partial charge >= 0.3 is 0 Å². The summed E-state index contributed by atoms with van der Waals surface area (Å²) in [4.78, 5) is 31.8. The van der Waals surface area contributed by atoms with Crippen LogP contribution in [0.4, 0.5) is 0 Å². The van der Waals surface area contributed by atoms with E-state index in [0.29, 0.717) is 12.5 Å². The van der Waals surface area contributed by atoms with Crippen LogP contribution < -0.4 is 5.32 Å². The average molecular weight is 336 g/mol. The molecular formula is C18H32N4O2. The summed E-state index contributed by atoms with van der Waals surface area (Å²) in [7, 11) is 0. The van der Waals surface area contributed by atoms with Crippen molar-refractivity contribution in [3.63, 3.8) is 0 Å². The molecule has 3 aliphatic rings. The van der Waals surface area contributed by atoms with Gasteiger partial charge in [0.1, 0.15) is 6.04 Å². The topological polar surface area (TPSA) is 55.9 Å². The van der Waals surface area contributed by atoms with Crippen LogP contribution in [0.1, 0.15) is 45.4 Å². The molecule has 0 aromatic rings. The van der Waals surface area contributed by atoms with Crippen molar-refractivity contribution in [3.8, 4) is 0 Å². The number of piperidine rings is 1. The Morgan fingerprint density at radius 1 is 1.04 bits per heavy atom. The lowest BCUT2D eigenvalue weighted by molar-refractivity contribution is -0.147. The maximum absolute atomic E-state index is 13.0. The summed E-state index contributed by atoms with van der Waals surface area (Å²) in [6.07, 6.45) is 5.41. The summed E-state index contributed by atoms with van der Waals surface area (Å²) in [6, 6.07) is 0.291. The summed E-state index contributed by atoms with van der Waals surface area (Å²) in [5, 5.41) is 3.39. The molecule has 3 aliphatic heterocycles. The van der Waals surface area contributed by atoms with Crippen LogP contribution in [0.5, 0.6) is 0 Å². The summed E-state index contributed by atoms with van der Waals surface area (Å²) in [5.74, 6) is 0.352. The van der Waals surface area contributed by atoms with Crippen LogP contribution in [0, 0.1) is 0 Å². The van der Waals surface area contributed by atoms with Crippen LogP contribution in [-0.4, -0.2) is 84.4 Å². The molecule has 0 aliphatic carbocycles. The molecule has 0 aromatic carbocycles. The minimum absolute atomic E-state index is 0.161. The van der Waals surface area contributed by atoms with E-state index in [9.17, 15) is 9.59 Å². The van der Waals surface area contributed by atoms with E-state index in [4.69, 9.17) is 0 Å². The SMILES string of the molecule is CCCC(=O)N1CCCCC1C(=O)N1CCC(N2CCNCC2)C1. The van der Waals surface area contributed by atoms with Gasteiger partial charge in [-0.3, -0.25) is 14.5 Å². The molecule has 3 heterocycles. The second-order valence-electron chi connectivity index (χ2n) is 7.36. The van der Waals surface area contributed by atoms with Crippen LogP contribution in [0.2, 0.25) is 0 Å². The van der Waals surface area contributed by atoms with Crippen molar-refractivity contribution in [2.75, 3.05) is 45.8 Å². The Balaban J connectivity index is 1.59. The highest BCUT2D eigenvalue weighted by molar-refractivity contribution is 5.88. The number of rotatable bonds is 4. The van der Waals surface area contributed by atoms with E-state index in [2.05, 4.69) is 10.2 Å². The van der Waals surface area contributed by atoms with Gasteiger partial charge in [0.2, 0.25) is 11.8 Å². The van der Waals surface area contributed by atoms with Crippen LogP contribution in [0.15, 0.2) is 0 Å². The molecule has 3 rings (SSSR count). The molecule has 1 N–H and O–H groups in total. The van der Waals surface area contributed by atoms with E-state index in [0.717, 1.165) is 77.9 Å². The highest BCUT2D eigenvalue weighted by atomic mass is 16.2. The van der Waals surface area contributed by atoms with Gasteiger partial charge in [0.15, 0.2) is 0 Å². The van der Waals surface area contributed by atoms with Gasteiger partial charge in [-0.15, -0.1) is 0 Å². The summed E-state index contributed by atoms with van der Waals surface area (Å²) in [5.41, 5.74) is 0. The molecule has 2 atom stereocenters. The number of carbonyl (C=O) groups excluding carboxylic acids is 2. The molecule has 0 radical (unpaired) electrons. The Morgan fingerprint density at radius 3 is 2.58 bits per heavy atom. The van der Waals surface area contributed by atoms with Crippen LogP contribution in [-0.2, 0) is 9.59 Å². The molecular weight excluding hydrogens is 304 g/mol. The first-order valence-electron chi connectivity index (χ1n) is 9.73. The first-order valence-corrected chi connectivity index (χ1v) is 9.73. The van der Waals surface area contributed by atoms with Gasteiger partial charge in [-0.1, -0.05) is 6.92 Å². The van der Waals surface area contributed by atoms with Crippen molar-refractivity contribution < 1.29 is 9.59 Å². The average Bonchev–Trinajstić information content (AvgIpc) is 3.12. The maximum Gasteiger partial charge on any atom is 0.245 e. The zero-order chi connectivity index (χ0) is 16.9. The predicted octanol–water partition coefficient (Wildman–Crippen LogP) is 0.674. The first-order chi connectivity index (χ1) is 11.7. The van der Waals surface area contributed by atoms with E-state index < -0.39 is 0 Å². The van der Waals surface area contributed by atoms with E-state index in [-0.39, 0.29) is 17.9 Å². The molecule has 0 saturated carbocycles. The highest BCUT2D eigenvalue weighted by Crippen LogP contribution is 2.24. The normalized spacial score (nSPS) is 29.0. The van der Waals surface area contributed by atoms with Gasteiger partial charge in [0.05, 0.1) is 0 Å². The molecule has 0 bridgehead atoms. The third kappa shape index (κ3) is 3.91. The minimum atomic E-state index is -0.209. The fourth-order valence-corrected chi connectivity index (χ4v) is 4.34. The largest absolute Gasteiger partial charge is 0.339 e. The van der Waals surface area contributed by atoms with E-state index in [1.165, 1.54) is 0 Å². The number of nitrogens with zero attached hydrogens (tertiary/aromatic N) is 3. The number of piperazine rings is 1. The fraction of sp³-hybridized carbons (Fsp3) is 0.889. The van der Waals surface area contributed by atoms with Crippen LogP contribution in [0.3, 0.4) is 0 Å².